The van der Waals surface area contributed by atoms with E-state index in [1.54, 1.807) is 24.3 Å². The van der Waals surface area contributed by atoms with Crippen LogP contribution < -0.4 is 5.32 Å². The van der Waals surface area contributed by atoms with Crippen LogP contribution in [-0.2, 0) is 4.79 Å². The molecule has 10 heteroatoms. The molecule has 0 atom stereocenters. The number of carbonyl (C=O) groups excluding carboxylic acids is 2. The van der Waals surface area contributed by atoms with Crippen LogP contribution in [0, 0.1) is 11.3 Å². The average Bonchev–Trinajstić information content (AvgIpc) is 2.91. The average molecular weight is 395 g/mol. The monoisotopic (exact) mass is 395 g/mol. The maximum absolute atomic E-state index is 12.3. The Balaban J connectivity index is 0.000000345. The van der Waals surface area contributed by atoms with Gasteiger partial charge >= 0.3 is 12.1 Å². The molecular weight excluding hydrogens is 379 g/mol. The van der Waals surface area contributed by atoms with Gasteiger partial charge < -0.3 is 10.4 Å². The molecule has 148 valence electrons. The van der Waals surface area contributed by atoms with E-state index in [4.69, 9.17) is 9.90 Å². The first-order chi connectivity index (χ1) is 13.2. The summed E-state index contributed by atoms with van der Waals surface area (Å²) in [6.45, 7) is 1.75. The molecule has 1 aromatic rings. The van der Waals surface area contributed by atoms with Crippen molar-refractivity contribution in [1.29, 1.82) is 5.26 Å². The third kappa shape index (κ3) is 4.75. The zero-order chi connectivity index (χ0) is 20.9. The van der Waals surface area contributed by atoms with E-state index >= 15 is 0 Å². The van der Waals surface area contributed by atoms with E-state index in [1.165, 1.54) is 4.90 Å². The smallest absolute Gasteiger partial charge is 0.475 e. The second-order valence-corrected chi connectivity index (χ2v) is 5.99. The van der Waals surface area contributed by atoms with Crippen molar-refractivity contribution in [2.24, 2.45) is 0 Å². The van der Waals surface area contributed by atoms with Gasteiger partial charge in [-0.25, -0.2) is 4.79 Å². The van der Waals surface area contributed by atoms with Crippen molar-refractivity contribution in [3.8, 4) is 6.07 Å². The minimum Gasteiger partial charge on any atom is -0.475 e. The summed E-state index contributed by atoms with van der Waals surface area (Å²) in [5.41, 5.74) is 2.45. The van der Waals surface area contributed by atoms with Crippen molar-refractivity contribution < 1.29 is 32.7 Å². The first kappa shape index (κ1) is 21.1. The number of nitrogens with one attached hydrogen (secondary N) is 1. The highest BCUT2D eigenvalue weighted by atomic mass is 19.4. The minimum absolute atomic E-state index is 0.0815. The second kappa shape index (κ2) is 8.67. The number of hydrogen-bond donors (Lipinski definition) is 2. The molecule has 28 heavy (non-hydrogen) atoms. The molecule has 1 aromatic carbocycles. The van der Waals surface area contributed by atoms with Gasteiger partial charge in [0.2, 0.25) is 0 Å². The van der Waals surface area contributed by atoms with E-state index in [1.807, 2.05) is 0 Å². The highest BCUT2D eigenvalue weighted by molar-refractivity contribution is 6.21. The predicted molar refractivity (Wildman–Crippen MR) is 90.2 cm³/mol. The van der Waals surface area contributed by atoms with E-state index < -0.39 is 12.1 Å². The first-order valence-corrected chi connectivity index (χ1v) is 8.24. The number of fused-ring (bicyclic) bond motifs is 1. The van der Waals surface area contributed by atoms with Crippen LogP contribution in [0.5, 0.6) is 0 Å². The van der Waals surface area contributed by atoms with Crippen LogP contribution in [0.3, 0.4) is 0 Å². The van der Waals surface area contributed by atoms with Crippen LogP contribution in [-0.4, -0.2) is 53.6 Å². The molecule has 2 aliphatic rings. The molecule has 2 heterocycles. The normalized spacial score (nSPS) is 16.1. The number of hydrogen-bond acceptors (Lipinski definition) is 5. The van der Waals surface area contributed by atoms with Crippen LogP contribution >= 0.6 is 0 Å². The Kier molecular flexibility index (Phi) is 6.53. The lowest BCUT2D eigenvalue weighted by atomic mass is 9.99. The Bertz CT molecular complexity index is 829. The molecule has 7 nitrogen and oxygen atoms in total. The summed E-state index contributed by atoms with van der Waals surface area (Å²) < 4.78 is 31.7. The zero-order valence-corrected chi connectivity index (χ0v) is 14.5. The molecule has 0 saturated carbocycles. The van der Waals surface area contributed by atoms with Gasteiger partial charge in [0, 0.05) is 5.57 Å². The number of aliphatic carboxylic acids is 1. The molecule has 0 aliphatic carbocycles. The standard InChI is InChI=1S/C16H15N3O2.C2HF3O2/c17-9-12(11-5-7-18-8-6-11)10-19-15(20)13-3-1-2-4-14(13)16(19)21;3-2(4,5)1(6)7/h1-4,18H,5-8,10H2;(H,6,7). The van der Waals surface area contributed by atoms with Gasteiger partial charge in [0.25, 0.3) is 11.8 Å². The SMILES string of the molecule is N#CC(CN1C(=O)c2ccccc2C1=O)=C1CCNCC1.O=C(O)C(F)(F)F. The van der Waals surface area contributed by atoms with Crippen LogP contribution in [0.1, 0.15) is 33.6 Å². The molecule has 1 saturated heterocycles. The fourth-order valence-corrected chi connectivity index (χ4v) is 2.80. The molecule has 1 fully saturated rings. The lowest BCUT2D eigenvalue weighted by Gasteiger charge is -2.20. The number of rotatable bonds is 2. The number of halogens is 3. The summed E-state index contributed by atoms with van der Waals surface area (Å²) in [5.74, 6) is -3.37. The Labute approximate surface area is 158 Å². The van der Waals surface area contributed by atoms with Gasteiger partial charge in [-0.1, -0.05) is 17.7 Å². The molecule has 2 N–H and O–H groups in total. The number of amides is 2. The summed E-state index contributed by atoms with van der Waals surface area (Å²) >= 11 is 0. The van der Waals surface area contributed by atoms with E-state index in [0.29, 0.717) is 16.7 Å². The molecule has 0 aromatic heterocycles. The summed E-state index contributed by atoms with van der Waals surface area (Å²) in [6.07, 6.45) is -3.49. The van der Waals surface area contributed by atoms with Crippen molar-refractivity contribution in [2.45, 2.75) is 19.0 Å². The van der Waals surface area contributed by atoms with Crippen molar-refractivity contribution >= 4 is 17.8 Å². The lowest BCUT2D eigenvalue weighted by molar-refractivity contribution is -0.192. The van der Waals surface area contributed by atoms with Crippen molar-refractivity contribution in [3.05, 3.63) is 46.5 Å². The van der Waals surface area contributed by atoms with Crippen molar-refractivity contribution in [1.82, 2.24) is 10.2 Å². The van der Waals surface area contributed by atoms with Gasteiger partial charge in [-0.3, -0.25) is 14.5 Å². The van der Waals surface area contributed by atoms with Crippen LogP contribution in [0.4, 0.5) is 13.2 Å². The van der Waals surface area contributed by atoms with Crippen LogP contribution in [0.2, 0.25) is 0 Å². The molecule has 2 aliphatic heterocycles. The summed E-state index contributed by atoms with van der Waals surface area (Å²) in [7, 11) is 0. The van der Waals surface area contributed by atoms with Gasteiger partial charge in [0.1, 0.15) is 0 Å². The number of nitrogens with zero attached hydrogens (tertiary/aromatic N) is 2. The summed E-state index contributed by atoms with van der Waals surface area (Å²) in [6, 6.07) is 8.96. The number of nitriles is 1. The maximum Gasteiger partial charge on any atom is 0.490 e. The van der Waals surface area contributed by atoms with E-state index in [-0.39, 0.29) is 18.4 Å². The van der Waals surface area contributed by atoms with Gasteiger partial charge in [0.15, 0.2) is 0 Å². The molecule has 0 radical (unpaired) electrons. The fourth-order valence-electron chi connectivity index (χ4n) is 2.80. The molecule has 3 rings (SSSR count). The van der Waals surface area contributed by atoms with E-state index in [2.05, 4.69) is 11.4 Å². The second-order valence-electron chi connectivity index (χ2n) is 5.99. The Morgan fingerprint density at radius 2 is 1.61 bits per heavy atom. The Morgan fingerprint density at radius 1 is 1.14 bits per heavy atom. The molecular formula is C18H16F3N3O4. The number of benzene rings is 1. The number of carbonyl (C=O) groups is 3. The lowest BCUT2D eigenvalue weighted by Crippen LogP contribution is -2.33. The minimum atomic E-state index is -5.08. The number of alkyl halides is 3. The van der Waals surface area contributed by atoms with Gasteiger partial charge in [-0.2, -0.15) is 18.4 Å². The Morgan fingerprint density at radius 3 is 2.00 bits per heavy atom. The van der Waals surface area contributed by atoms with Crippen molar-refractivity contribution in [3.63, 3.8) is 0 Å². The van der Waals surface area contributed by atoms with Crippen LogP contribution in [0.25, 0.3) is 0 Å². The third-order valence-electron chi connectivity index (χ3n) is 4.21. The number of imide groups is 1. The van der Waals surface area contributed by atoms with E-state index in [0.717, 1.165) is 31.5 Å². The predicted octanol–water partition coefficient (Wildman–Crippen LogP) is 2.12. The maximum atomic E-state index is 12.3. The highest BCUT2D eigenvalue weighted by Crippen LogP contribution is 2.25. The summed E-state index contributed by atoms with van der Waals surface area (Å²) in [4.78, 5) is 34.7. The number of carboxylic acids is 1. The third-order valence-corrected chi connectivity index (χ3v) is 4.21. The van der Waals surface area contributed by atoms with Gasteiger partial charge in [-0.15, -0.1) is 0 Å². The largest absolute Gasteiger partial charge is 0.490 e. The van der Waals surface area contributed by atoms with Crippen molar-refractivity contribution in [2.75, 3.05) is 19.6 Å². The molecule has 2 amide bonds. The first-order valence-electron chi connectivity index (χ1n) is 8.24. The Hall–Kier alpha value is -3.19. The summed E-state index contributed by atoms with van der Waals surface area (Å²) in [5, 5.41) is 19.7. The number of piperidine rings is 1. The molecule has 0 unspecified atom stereocenters. The quantitative estimate of drug-likeness (QED) is 0.586. The zero-order valence-electron chi connectivity index (χ0n) is 14.5. The number of carboxylic acid groups (broad SMARTS) is 1. The molecule has 0 bridgehead atoms. The van der Waals surface area contributed by atoms with Gasteiger partial charge in [0.05, 0.1) is 23.7 Å². The highest BCUT2D eigenvalue weighted by Gasteiger charge is 2.38. The van der Waals surface area contributed by atoms with E-state index in [9.17, 15) is 28.0 Å². The fraction of sp³-hybridized carbons (Fsp3) is 0.333. The van der Waals surface area contributed by atoms with Gasteiger partial charge in [-0.05, 0) is 38.1 Å². The topological polar surface area (TPSA) is 111 Å². The van der Waals surface area contributed by atoms with Crippen LogP contribution in [0.15, 0.2) is 35.4 Å². The molecule has 0 spiro atoms.